The van der Waals surface area contributed by atoms with E-state index in [1.54, 1.807) is 0 Å². The lowest BCUT2D eigenvalue weighted by Crippen LogP contribution is -2.27. The zero-order valence-corrected chi connectivity index (χ0v) is 11.1. The molecule has 0 bridgehead atoms. The summed E-state index contributed by atoms with van der Waals surface area (Å²) in [6, 6.07) is 0.332. The van der Waals surface area contributed by atoms with Crippen LogP contribution in [0.3, 0.4) is 0 Å². The maximum Gasteiger partial charge on any atom is 0.0576 e. The molecule has 0 amide bonds. The van der Waals surface area contributed by atoms with Gasteiger partial charge in [-0.05, 0) is 25.7 Å². The Morgan fingerprint density at radius 1 is 1.47 bits per heavy atom. The van der Waals surface area contributed by atoms with Crippen LogP contribution in [-0.4, -0.2) is 29.3 Å². The number of rotatable bonds is 5. The second kappa shape index (κ2) is 6.12. The smallest absolute Gasteiger partial charge is 0.0576 e. The quantitative estimate of drug-likeness (QED) is 0.790. The second-order valence-electron chi connectivity index (χ2n) is 5.40. The summed E-state index contributed by atoms with van der Waals surface area (Å²) < 4.78 is 5.92. The summed E-state index contributed by atoms with van der Waals surface area (Å²) >= 11 is 1.96. The predicted molar refractivity (Wildman–Crippen MR) is 68.4 cm³/mol. The van der Waals surface area contributed by atoms with Crippen molar-refractivity contribution >= 4 is 11.8 Å². The van der Waals surface area contributed by atoms with Crippen molar-refractivity contribution in [3.8, 4) is 0 Å². The molecule has 1 aliphatic rings. The van der Waals surface area contributed by atoms with E-state index in [0.717, 1.165) is 25.2 Å². The van der Waals surface area contributed by atoms with Crippen LogP contribution in [-0.2, 0) is 4.74 Å². The van der Waals surface area contributed by atoms with Crippen molar-refractivity contribution in [2.24, 2.45) is 5.73 Å². The van der Waals surface area contributed by atoms with Gasteiger partial charge in [-0.2, -0.15) is 11.8 Å². The molecule has 1 heterocycles. The maximum absolute atomic E-state index is 6.08. The Bertz CT molecular complexity index is 173. The molecular formula is C12H25NOS. The van der Waals surface area contributed by atoms with Crippen molar-refractivity contribution in [3.05, 3.63) is 0 Å². The molecule has 0 aromatic heterocycles. The van der Waals surface area contributed by atoms with Crippen LogP contribution in [0.15, 0.2) is 0 Å². The second-order valence-corrected chi connectivity index (χ2v) is 7.24. The van der Waals surface area contributed by atoms with E-state index in [1.165, 1.54) is 12.8 Å². The molecule has 1 aliphatic heterocycles. The molecule has 1 saturated heterocycles. The highest BCUT2D eigenvalue weighted by molar-refractivity contribution is 8.00. The van der Waals surface area contributed by atoms with Crippen LogP contribution in [0.2, 0.25) is 0 Å². The largest absolute Gasteiger partial charge is 0.378 e. The van der Waals surface area contributed by atoms with E-state index in [4.69, 9.17) is 10.5 Å². The Hall–Kier alpha value is 0.270. The normalized spacial score (nSPS) is 24.4. The van der Waals surface area contributed by atoms with Crippen molar-refractivity contribution in [3.63, 3.8) is 0 Å². The van der Waals surface area contributed by atoms with Crippen molar-refractivity contribution < 1.29 is 4.74 Å². The molecule has 0 radical (unpaired) electrons. The molecule has 3 heteroatoms. The topological polar surface area (TPSA) is 35.2 Å². The van der Waals surface area contributed by atoms with Crippen molar-refractivity contribution in [1.82, 2.24) is 0 Å². The fraction of sp³-hybridized carbons (Fsp3) is 1.00. The Morgan fingerprint density at radius 2 is 2.20 bits per heavy atom. The maximum atomic E-state index is 6.08. The lowest BCUT2D eigenvalue weighted by Gasteiger charge is -2.21. The summed E-state index contributed by atoms with van der Waals surface area (Å²) in [7, 11) is 0. The van der Waals surface area contributed by atoms with E-state index >= 15 is 0 Å². The molecule has 0 aromatic rings. The average molecular weight is 231 g/mol. The van der Waals surface area contributed by atoms with Crippen LogP contribution in [0.1, 0.15) is 46.5 Å². The van der Waals surface area contributed by atoms with E-state index in [1.807, 2.05) is 11.8 Å². The molecular weight excluding hydrogens is 206 g/mol. The summed E-state index contributed by atoms with van der Waals surface area (Å²) in [4.78, 5) is 0. The minimum atomic E-state index is 0.332. The first-order valence-electron chi connectivity index (χ1n) is 5.98. The molecule has 15 heavy (non-hydrogen) atoms. The fourth-order valence-corrected chi connectivity index (χ4v) is 2.59. The third-order valence-electron chi connectivity index (χ3n) is 2.61. The molecule has 0 spiro atoms. The number of nitrogens with two attached hydrogens (primary N) is 1. The van der Waals surface area contributed by atoms with Gasteiger partial charge in [0.15, 0.2) is 0 Å². The Morgan fingerprint density at radius 3 is 2.73 bits per heavy atom. The first kappa shape index (κ1) is 13.3. The molecule has 2 unspecified atom stereocenters. The highest BCUT2D eigenvalue weighted by Crippen LogP contribution is 2.25. The van der Waals surface area contributed by atoms with Gasteiger partial charge in [-0.15, -0.1) is 0 Å². The van der Waals surface area contributed by atoms with Crippen LogP contribution in [0.25, 0.3) is 0 Å². The van der Waals surface area contributed by atoms with Gasteiger partial charge in [0.25, 0.3) is 0 Å². The molecule has 0 saturated carbocycles. The third-order valence-corrected chi connectivity index (χ3v) is 4.07. The molecule has 2 N–H and O–H groups in total. The van der Waals surface area contributed by atoms with Gasteiger partial charge in [0.1, 0.15) is 0 Å². The SMILES string of the molecule is CC(C)(C)SCC(N)CCC1CCCO1. The summed E-state index contributed by atoms with van der Waals surface area (Å²) in [6.45, 7) is 7.68. The van der Waals surface area contributed by atoms with E-state index < -0.39 is 0 Å². The lowest BCUT2D eigenvalue weighted by molar-refractivity contribution is 0.101. The lowest BCUT2D eigenvalue weighted by atomic mass is 10.1. The van der Waals surface area contributed by atoms with Gasteiger partial charge < -0.3 is 10.5 Å². The van der Waals surface area contributed by atoms with Crippen LogP contribution >= 0.6 is 11.8 Å². The average Bonchev–Trinajstić information content (AvgIpc) is 2.62. The number of thioether (sulfide) groups is 1. The van der Waals surface area contributed by atoms with E-state index in [2.05, 4.69) is 20.8 Å². The van der Waals surface area contributed by atoms with Crippen LogP contribution in [0.5, 0.6) is 0 Å². The summed E-state index contributed by atoms with van der Waals surface area (Å²) in [5.41, 5.74) is 6.08. The van der Waals surface area contributed by atoms with E-state index in [-0.39, 0.29) is 0 Å². The monoisotopic (exact) mass is 231 g/mol. The summed E-state index contributed by atoms with van der Waals surface area (Å²) in [5.74, 6) is 1.07. The van der Waals surface area contributed by atoms with Crippen molar-refractivity contribution in [2.75, 3.05) is 12.4 Å². The molecule has 0 aromatic carbocycles. The summed E-state index contributed by atoms with van der Waals surface area (Å²) in [5, 5.41) is 0. The highest BCUT2D eigenvalue weighted by Gasteiger charge is 2.18. The number of hydrogen-bond donors (Lipinski definition) is 1. The zero-order chi connectivity index (χ0) is 11.3. The highest BCUT2D eigenvalue weighted by atomic mass is 32.2. The van der Waals surface area contributed by atoms with Gasteiger partial charge in [0, 0.05) is 23.1 Å². The minimum absolute atomic E-state index is 0.332. The minimum Gasteiger partial charge on any atom is -0.378 e. The van der Waals surface area contributed by atoms with Crippen LogP contribution < -0.4 is 5.73 Å². The van der Waals surface area contributed by atoms with Gasteiger partial charge >= 0.3 is 0 Å². The third kappa shape index (κ3) is 6.44. The Labute approximate surface area is 98.3 Å². The molecule has 1 rings (SSSR count). The number of ether oxygens (including phenoxy) is 1. The van der Waals surface area contributed by atoms with Gasteiger partial charge in [-0.1, -0.05) is 20.8 Å². The number of hydrogen-bond acceptors (Lipinski definition) is 3. The van der Waals surface area contributed by atoms with Gasteiger partial charge in [-0.3, -0.25) is 0 Å². The van der Waals surface area contributed by atoms with Crippen LogP contribution in [0.4, 0.5) is 0 Å². The Balaban J connectivity index is 2.05. The van der Waals surface area contributed by atoms with Crippen molar-refractivity contribution in [2.45, 2.75) is 63.3 Å². The van der Waals surface area contributed by atoms with Gasteiger partial charge in [0.2, 0.25) is 0 Å². The van der Waals surface area contributed by atoms with Gasteiger partial charge in [0.05, 0.1) is 6.10 Å². The molecule has 0 aliphatic carbocycles. The standard InChI is InChI=1S/C12H25NOS/c1-12(2,3)15-9-10(13)6-7-11-5-4-8-14-11/h10-11H,4-9,13H2,1-3H3. The first-order chi connectivity index (χ1) is 6.97. The van der Waals surface area contributed by atoms with E-state index in [9.17, 15) is 0 Å². The predicted octanol–water partition coefficient (Wildman–Crippen LogP) is 2.80. The fourth-order valence-electron chi connectivity index (χ4n) is 1.71. The molecule has 90 valence electrons. The Kier molecular flexibility index (Phi) is 5.44. The molecule has 2 atom stereocenters. The summed E-state index contributed by atoms with van der Waals surface area (Å²) in [6.07, 6.45) is 5.21. The first-order valence-corrected chi connectivity index (χ1v) is 6.97. The van der Waals surface area contributed by atoms with Crippen LogP contribution in [0, 0.1) is 0 Å². The molecule has 2 nitrogen and oxygen atoms in total. The van der Waals surface area contributed by atoms with Gasteiger partial charge in [-0.25, -0.2) is 0 Å². The molecule has 1 fully saturated rings. The van der Waals surface area contributed by atoms with Crippen molar-refractivity contribution in [1.29, 1.82) is 0 Å². The zero-order valence-electron chi connectivity index (χ0n) is 10.3. The van der Waals surface area contributed by atoms with E-state index in [0.29, 0.717) is 16.9 Å².